The Hall–Kier alpha value is -1.67. The molecule has 0 aliphatic carbocycles. The normalized spacial score (nSPS) is 11.4. The average Bonchev–Trinajstić information content (AvgIpc) is 2.97. The van der Waals surface area contributed by atoms with Gasteiger partial charge in [-0.2, -0.15) is 4.98 Å². The van der Waals surface area contributed by atoms with Gasteiger partial charge in [-0.25, -0.2) is 4.98 Å². The molecule has 3 aromatic heterocycles. The number of thioether (sulfide) groups is 1. The van der Waals surface area contributed by atoms with E-state index in [4.69, 9.17) is 4.52 Å². The number of rotatable bonds is 3. The highest BCUT2D eigenvalue weighted by Crippen LogP contribution is 2.28. The summed E-state index contributed by atoms with van der Waals surface area (Å²) in [7, 11) is 1.74. The predicted molar refractivity (Wildman–Crippen MR) is 82.9 cm³/mol. The topological polar surface area (TPSA) is 73.8 Å². The lowest BCUT2D eigenvalue weighted by Crippen LogP contribution is -2.19. The van der Waals surface area contributed by atoms with Crippen LogP contribution in [0.3, 0.4) is 0 Å². The first-order chi connectivity index (χ1) is 9.97. The van der Waals surface area contributed by atoms with Crippen LogP contribution in [0.4, 0.5) is 0 Å². The van der Waals surface area contributed by atoms with E-state index in [-0.39, 0.29) is 5.56 Å². The molecule has 0 atom stereocenters. The molecule has 0 saturated heterocycles. The second-order valence-corrected chi connectivity index (χ2v) is 6.89. The van der Waals surface area contributed by atoms with Gasteiger partial charge in [0.1, 0.15) is 4.83 Å². The molecule has 0 bridgehead atoms. The van der Waals surface area contributed by atoms with Gasteiger partial charge in [-0.3, -0.25) is 9.36 Å². The summed E-state index contributed by atoms with van der Waals surface area (Å²) in [6.45, 7) is 5.75. The number of nitrogens with zero attached hydrogens (tertiary/aromatic N) is 4. The summed E-state index contributed by atoms with van der Waals surface area (Å²) in [6.07, 6.45) is 0. The lowest BCUT2D eigenvalue weighted by Gasteiger charge is -2.05. The van der Waals surface area contributed by atoms with Crippen LogP contribution in [0.2, 0.25) is 0 Å². The molecule has 8 heteroatoms. The zero-order valence-electron chi connectivity index (χ0n) is 12.1. The summed E-state index contributed by atoms with van der Waals surface area (Å²) >= 11 is 2.97. The van der Waals surface area contributed by atoms with Gasteiger partial charge in [-0.1, -0.05) is 16.9 Å². The van der Waals surface area contributed by atoms with Crippen molar-refractivity contribution < 1.29 is 4.52 Å². The molecule has 3 aromatic rings. The van der Waals surface area contributed by atoms with E-state index in [2.05, 4.69) is 15.1 Å². The highest BCUT2D eigenvalue weighted by atomic mass is 32.2. The van der Waals surface area contributed by atoms with E-state index in [1.54, 1.807) is 29.9 Å². The van der Waals surface area contributed by atoms with Gasteiger partial charge in [-0.05, 0) is 26.3 Å². The van der Waals surface area contributed by atoms with Gasteiger partial charge in [0.05, 0.1) is 11.1 Å². The molecule has 0 aliphatic rings. The molecule has 21 heavy (non-hydrogen) atoms. The molecule has 0 aromatic carbocycles. The van der Waals surface area contributed by atoms with Gasteiger partial charge in [0.15, 0.2) is 11.0 Å². The second-order valence-electron chi connectivity index (χ2n) is 4.75. The Kier molecular flexibility index (Phi) is 3.58. The van der Waals surface area contributed by atoms with Crippen LogP contribution < -0.4 is 5.56 Å². The van der Waals surface area contributed by atoms with E-state index in [1.807, 2.05) is 13.8 Å². The van der Waals surface area contributed by atoms with E-state index in [9.17, 15) is 4.79 Å². The lowest BCUT2D eigenvalue weighted by atomic mass is 10.2. The number of fused-ring (bicyclic) bond motifs is 1. The monoisotopic (exact) mass is 322 g/mol. The smallest absolute Gasteiger partial charge is 0.262 e. The first kappa shape index (κ1) is 14.3. The maximum atomic E-state index is 12.5. The molecule has 0 spiro atoms. The predicted octanol–water partition coefficient (Wildman–Crippen LogP) is 2.60. The number of hydrogen-bond donors (Lipinski definition) is 0. The van der Waals surface area contributed by atoms with Crippen LogP contribution in [0.5, 0.6) is 0 Å². The summed E-state index contributed by atoms with van der Waals surface area (Å²) in [5.41, 5.74) is 1.01. The van der Waals surface area contributed by atoms with Gasteiger partial charge < -0.3 is 4.52 Å². The third-order valence-corrected chi connectivity index (χ3v) is 5.38. The van der Waals surface area contributed by atoms with Gasteiger partial charge in [0, 0.05) is 11.9 Å². The molecule has 0 fully saturated rings. The Balaban J connectivity index is 1.99. The minimum Gasteiger partial charge on any atom is -0.338 e. The molecular formula is C13H14N4O2S2. The van der Waals surface area contributed by atoms with Crippen molar-refractivity contribution in [3.8, 4) is 0 Å². The Bertz CT molecular complexity index is 878. The van der Waals surface area contributed by atoms with Crippen LogP contribution in [0.1, 0.15) is 22.2 Å². The first-order valence-corrected chi connectivity index (χ1v) is 8.16. The molecule has 6 nitrogen and oxygen atoms in total. The summed E-state index contributed by atoms with van der Waals surface area (Å²) in [6, 6.07) is 0. The Labute approximate surface area is 129 Å². The van der Waals surface area contributed by atoms with Crippen LogP contribution in [-0.4, -0.2) is 19.7 Å². The maximum absolute atomic E-state index is 12.5. The van der Waals surface area contributed by atoms with Crippen molar-refractivity contribution in [2.75, 3.05) is 0 Å². The van der Waals surface area contributed by atoms with E-state index in [0.717, 1.165) is 20.7 Å². The Morgan fingerprint density at radius 3 is 2.71 bits per heavy atom. The summed E-state index contributed by atoms with van der Waals surface area (Å²) in [4.78, 5) is 23.1. The first-order valence-electron chi connectivity index (χ1n) is 6.36. The SMILES string of the molecule is Cc1noc(CSc2nc3sc(C)c(C)c3c(=O)n2C)n1. The van der Waals surface area contributed by atoms with Crippen LogP contribution in [0.15, 0.2) is 14.5 Å². The van der Waals surface area contributed by atoms with Gasteiger partial charge >= 0.3 is 0 Å². The number of thiophene rings is 1. The number of hydrogen-bond acceptors (Lipinski definition) is 7. The fraction of sp³-hybridized carbons (Fsp3) is 0.385. The standard InChI is InChI=1S/C13H14N4O2S2/c1-6-7(2)21-11-10(6)12(18)17(4)13(15-11)20-5-9-14-8(3)16-19-9/h5H2,1-4H3. The minimum absolute atomic E-state index is 0.00828. The molecule has 110 valence electrons. The molecule has 0 amide bonds. The summed E-state index contributed by atoms with van der Waals surface area (Å²) < 4.78 is 6.65. The Morgan fingerprint density at radius 2 is 2.05 bits per heavy atom. The quantitative estimate of drug-likeness (QED) is 0.545. The van der Waals surface area contributed by atoms with Gasteiger partial charge in [0.2, 0.25) is 5.89 Å². The van der Waals surface area contributed by atoms with Crippen LogP contribution >= 0.6 is 23.1 Å². The average molecular weight is 322 g/mol. The van der Waals surface area contributed by atoms with Crippen molar-refractivity contribution in [3.05, 3.63) is 32.5 Å². The van der Waals surface area contributed by atoms with Crippen molar-refractivity contribution in [3.63, 3.8) is 0 Å². The zero-order chi connectivity index (χ0) is 15.1. The van der Waals surface area contributed by atoms with E-state index in [1.165, 1.54) is 11.8 Å². The van der Waals surface area contributed by atoms with Crippen LogP contribution in [0.25, 0.3) is 10.2 Å². The van der Waals surface area contributed by atoms with Crippen LogP contribution in [-0.2, 0) is 12.8 Å². The lowest BCUT2D eigenvalue weighted by molar-refractivity contribution is 0.387. The van der Waals surface area contributed by atoms with E-state index >= 15 is 0 Å². The largest absolute Gasteiger partial charge is 0.338 e. The van der Waals surface area contributed by atoms with Crippen LogP contribution in [0, 0.1) is 20.8 Å². The molecule has 0 saturated carbocycles. The highest BCUT2D eigenvalue weighted by molar-refractivity contribution is 7.98. The summed E-state index contributed by atoms with van der Waals surface area (Å²) in [5.74, 6) is 1.63. The minimum atomic E-state index is -0.00828. The Morgan fingerprint density at radius 1 is 1.29 bits per heavy atom. The molecule has 0 N–H and O–H groups in total. The second kappa shape index (κ2) is 5.27. The molecular weight excluding hydrogens is 308 g/mol. The fourth-order valence-electron chi connectivity index (χ4n) is 2.01. The van der Waals surface area contributed by atoms with E-state index in [0.29, 0.717) is 22.6 Å². The fourth-order valence-corrected chi connectivity index (χ4v) is 3.89. The molecule has 0 aliphatic heterocycles. The number of aromatic nitrogens is 4. The van der Waals surface area contributed by atoms with E-state index < -0.39 is 0 Å². The number of aryl methyl sites for hydroxylation is 3. The van der Waals surface area contributed by atoms with Crippen molar-refractivity contribution >= 4 is 33.3 Å². The molecule has 3 rings (SSSR count). The van der Waals surface area contributed by atoms with Gasteiger partial charge in [-0.15, -0.1) is 11.3 Å². The highest BCUT2D eigenvalue weighted by Gasteiger charge is 2.15. The molecule has 0 unspecified atom stereocenters. The maximum Gasteiger partial charge on any atom is 0.262 e. The third-order valence-electron chi connectivity index (χ3n) is 3.26. The van der Waals surface area contributed by atoms with Gasteiger partial charge in [0.25, 0.3) is 5.56 Å². The molecule has 3 heterocycles. The van der Waals surface area contributed by atoms with Crippen molar-refractivity contribution in [1.82, 2.24) is 19.7 Å². The van der Waals surface area contributed by atoms with Crippen molar-refractivity contribution in [1.29, 1.82) is 0 Å². The van der Waals surface area contributed by atoms with Crippen molar-refractivity contribution in [2.45, 2.75) is 31.7 Å². The molecule has 0 radical (unpaired) electrons. The van der Waals surface area contributed by atoms with Crippen molar-refractivity contribution in [2.24, 2.45) is 7.05 Å². The third kappa shape index (κ3) is 2.49. The zero-order valence-corrected chi connectivity index (χ0v) is 13.8. The summed E-state index contributed by atoms with van der Waals surface area (Å²) in [5, 5.41) is 5.12.